The molecule has 0 aromatic heterocycles. The van der Waals surface area contributed by atoms with Crippen LogP contribution in [0.25, 0.3) is 0 Å². The Morgan fingerprint density at radius 3 is 2.17 bits per heavy atom. The van der Waals surface area contributed by atoms with E-state index in [2.05, 4.69) is 20.8 Å². The van der Waals surface area contributed by atoms with E-state index in [4.69, 9.17) is 4.74 Å². The number of carbonyl (C=O) groups excluding carboxylic acids is 2. The molecule has 1 saturated heterocycles. The van der Waals surface area contributed by atoms with Crippen LogP contribution in [0.2, 0.25) is 0 Å². The molecule has 29 heavy (non-hydrogen) atoms. The molecule has 3 rings (SSSR count). The van der Waals surface area contributed by atoms with Gasteiger partial charge in [0, 0.05) is 30.2 Å². The van der Waals surface area contributed by atoms with Gasteiger partial charge in [0.25, 0.3) is 11.8 Å². The number of likely N-dealkylation sites (tertiary alicyclic amines) is 1. The second-order valence-corrected chi connectivity index (χ2v) is 8.63. The third-order valence-corrected chi connectivity index (χ3v) is 6.56. The fraction of sp³-hybridized carbons (Fsp3) is 0.667. The van der Waals surface area contributed by atoms with Crippen LogP contribution in [-0.4, -0.2) is 52.9 Å². The fourth-order valence-electron chi connectivity index (χ4n) is 4.95. The number of benzene rings is 1. The molecule has 5 nitrogen and oxygen atoms in total. The Morgan fingerprint density at radius 2 is 1.59 bits per heavy atom. The van der Waals surface area contributed by atoms with Crippen molar-refractivity contribution in [1.82, 2.24) is 9.80 Å². The number of hydrogen-bond donors (Lipinski definition) is 0. The molecular weight excluding hydrogens is 364 g/mol. The number of piperidine rings is 1. The minimum absolute atomic E-state index is 0.0410. The highest BCUT2D eigenvalue weighted by atomic mass is 16.5. The summed E-state index contributed by atoms with van der Waals surface area (Å²) in [5, 5.41) is 0. The highest BCUT2D eigenvalue weighted by molar-refractivity contribution is 5.94. The molecule has 0 bridgehead atoms. The maximum Gasteiger partial charge on any atom is 0.260 e. The van der Waals surface area contributed by atoms with Gasteiger partial charge in [-0.05, 0) is 77.1 Å². The SMILES string of the molecule is CCN(C(=O)c1ccc(OCC(=O)N2C(C)CCCC2C)cc1)C1CCCCC1. The van der Waals surface area contributed by atoms with E-state index in [1.54, 1.807) is 12.1 Å². The summed E-state index contributed by atoms with van der Waals surface area (Å²) in [6.45, 7) is 7.06. The Bertz CT molecular complexity index is 672. The summed E-state index contributed by atoms with van der Waals surface area (Å²) in [4.78, 5) is 29.5. The summed E-state index contributed by atoms with van der Waals surface area (Å²) in [5.41, 5.74) is 0.689. The summed E-state index contributed by atoms with van der Waals surface area (Å²) in [6, 6.07) is 8.16. The van der Waals surface area contributed by atoms with Gasteiger partial charge in [0.15, 0.2) is 6.61 Å². The van der Waals surface area contributed by atoms with Crippen LogP contribution in [0.15, 0.2) is 24.3 Å². The number of ether oxygens (including phenoxy) is 1. The summed E-state index contributed by atoms with van der Waals surface area (Å²) >= 11 is 0. The molecule has 1 aromatic rings. The third-order valence-electron chi connectivity index (χ3n) is 6.56. The second-order valence-electron chi connectivity index (χ2n) is 8.63. The lowest BCUT2D eigenvalue weighted by Crippen LogP contribution is -2.49. The van der Waals surface area contributed by atoms with Gasteiger partial charge in [0.1, 0.15) is 5.75 Å². The smallest absolute Gasteiger partial charge is 0.260 e. The minimum atomic E-state index is 0.0410. The lowest BCUT2D eigenvalue weighted by atomic mass is 9.93. The number of amides is 2. The summed E-state index contributed by atoms with van der Waals surface area (Å²) < 4.78 is 5.74. The molecule has 1 heterocycles. The maximum absolute atomic E-state index is 13.0. The van der Waals surface area contributed by atoms with Gasteiger partial charge in [-0.1, -0.05) is 19.3 Å². The van der Waals surface area contributed by atoms with E-state index in [-0.39, 0.29) is 30.5 Å². The van der Waals surface area contributed by atoms with Gasteiger partial charge in [-0.3, -0.25) is 9.59 Å². The Kier molecular flexibility index (Phi) is 7.57. The Morgan fingerprint density at radius 1 is 0.966 bits per heavy atom. The molecule has 5 heteroatoms. The number of rotatable bonds is 6. The normalized spacial score (nSPS) is 22.9. The van der Waals surface area contributed by atoms with Crippen molar-refractivity contribution in [3.8, 4) is 5.75 Å². The highest BCUT2D eigenvalue weighted by Gasteiger charge is 2.29. The fourth-order valence-corrected chi connectivity index (χ4v) is 4.95. The van der Waals surface area contributed by atoms with Gasteiger partial charge in [-0.2, -0.15) is 0 Å². The van der Waals surface area contributed by atoms with Gasteiger partial charge in [0.2, 0.25) is 0 Å². The van der Waals surface area contributed by atoms with Crippen molar-refractivity contribution in [2.45, 2.75) is 90.3 Å². The molecule has 0 radical (unpaired) electrons. The molecule has 2 aliphatic rings. The zero-order valence-corrected chi connectivity index (χ0v) is 18.2. The molecule has 0 spiro atoms. The summed E-state index contributed by atoms with van der Waals surface area (Å²) in [5.74, 6) is 0.769. The van der Waals surface area contributed by atoms with Crippen molar-refractivity contribution in [1.29, 1.82) is 0 Å². The minimum Gasteiger partial charge on any atom is -0.484 e. The van der Waals surface area contributed by atoms with Crippen molar-refractivity contribution < 1.29 is 14.3 Å². The van der Waals surface area contributed by atoms with Crippen LogP contribution in [-0.2, 0) is 4.79 Å². The predicted molar refractivity (Wildman–Crippen MR) is 115 cm³/mol. The molecule has 1 saturated carbocycles. The third kappa shape index (κ3) is 5.31. The summed E-state index contributed by atoms with van der Waals surface area (Å²) in [7, 11) is 0. The average molecular weight is 401 g/mol. The van der Waals surface area contributed by atoms with Crippen LogP contribution in [0.1, 0.15) is 82.5 Å². The summed E-state index contributed by atoms with van der Waals surface area (Å²) in [6.07, 6.45) is 9.21. The van der Waals surface area contributed by atoms with E-state index >= 15 is 0 Å². The number of hydrogen-bond acceptors (Lipinski definition) is 3. The first kappa shape index (κ1) is 21.7. The quantitative estimate of drug-likeness (QED) is 0.698. The van der Waals surface area contributed by atoms with Crippen LogP contribution in [0.3, 0.4) is 0 Å². The lowest BCUT2D eigenvalue weighted by molar-refractivity contribution is -0.139. The molecule has 1 aliphatic carbocycles. The van der Waals surface area contributed by atoms with E-state index in [0.29, 0.717) is 17.4 Å². The molecule has 2 atom stereocenters. The maximum atomic E-state index is 13.0. The van der Waals surface area contributed by atoms with Crippen LogP contribution < -0.4 is 4.74 Å². The van der Waals surface area contributed by atoms with Crippen molar-refractivity contribution in [2.24, 2.45) is 0 Å². The average Bonchev–Trinajstić information content (AvgIpc) is 2.74. The molecule has 1 aliphatic heterocycles. The van der Waals surface area contributed by atoms with Gasteiger partial charge in [0.05, 0.1) is 0 Å². The van der Waals surface area contributed by atoms with Gasteiger partial charge < -0.3 is 14.5 Å². The molecule has 2 fully saturated rings. The van der Waals surface area contributed by atoms with Crippen molar-refractivity contribution in [3.63, 3.8) is 0 Å². The second kappa shape index (κ2) is 10.1. The molecule has 1 aromatic carbocycles. The van der Waals surface area contributed by atoms with Crippen molar-refractivity contribution in [2.75, 3.05) is 13.2 Å². The first-order valence-corrected chi connectivity index (χ1v) is 11.4. The highest BCUT2D eigenvalue weighted by Crippen LogP contribution is 2.25. The van der Waals surface area contributed by atoms with E-state index in [9.17, 15) is 9.59 Å². The molecule has 2 amide bonds. The molecule has 160 valence electrons. The van der Waals surface area contributed by atoms with Crippen LogP contribution >= 0.6 is 0 Å². The zero-order chi connectivity index (χ0) is 20.8. The van der Waals surface area contributed by atoms with Gasteiger partial charge in [-0.15, -0.1) is 0 Å². The topological polar surface area (TPSA) is 49.9 Å². The van der Waals surface area contributed by atoms with Gasteiger partial charge in [-0.25, -0.2) is 0 Å². The number of carbonyl (C=O) groups is 2. The van der Waals surface area contributed by atoms with Crippen molar-refractivity contribution >= 4 is 11.8 Å². The Labute approximate surface area is 175 Å². The monoisotopic (exact) mass is 400 g/mol. The van der Waals surface area contributed by atoms with Crippen LogP contribution in [0.4, 0.5) is 0 Å². The standard InChI is InChI=1S/C24H36N2O3/c1-4-25(21-11-6-5-7-12-21)24(28)20-13-15-22(16-14-20)29-17-23(27)26-18(2)9-8-10-19(26)3/h13-16,18-19,21H,4-12,17H2,1-3H3. The molecular formula is C24H36N2O3. The molecule has 2 unspecified atom stereocenters. The zero-order valence-electron chi connectivity index (χ0n) is 18.2. The Hall–Kier alpha value is -2.04. The van der Waals surface area contributed by atoms with E-state index < -0.39 is 0 Å². The van der Waals surface area contributed by atoms with Crippen molar-refractivity contribution in [3.05, 3.63) is 29.8 Å². The number of nitrogens with zero attached hydrogens (tertiary/aromatic N) is 2. The Balaban J connectivity index is 1.56. The molecule has 0 N–H and O–H groups in total. The lowest BCUT2D eigenvalue weighted by Gasteiger charge is -2.39. The predicted octanol–water partition coefficient (Wildman–Crippen LogP) is 4.65. The van der Waals surface area contributed by atoms with Crippen LogP contribution in [0.5, 0.6) is 5.75 Å². The van der Waals surface area contributed by atoms with Crippen LogP contribution in [0, 0.1) is 0 Å². The van der Waals surface area contributed by atoms with Gasteiger partial charge >= 0.3 is 0 Å². The van der Waals surface area contributed by atoms with E-state index in [0.717, 1.165) is 32.2 Å². The first-order valence-electron chi connectivity index (χ1n) is 11.4. The first-order chi connectivity index (χ1) is 14.0. The van der Waals surface area contributed by atoms with E-state index in [1.165, 1.54) is 25.7 Å². The largest absolute Gasteiger partial charge is 0.484 e. The van der Waals surface area contributed by atoms with E-state index in [1.807, 2.05) is 21.9 Å².